The third kappa shape index (κ3) is 2.18. The molecule has 0 radical (unpaired) electrons. The summed E-state index contributed by atoms with van der Waals surface area (Å²) in [4.78, 5) is 15.5. The molecule has 1 saturated carbocycles. The van der Waals surface area contributed by atoms with Gasteiger partial charge in [-0.15, -0.1) is 0 Å². The number of thiocarbonyl (C=S) groups is 1. The molecular weight excluding hydrogens is 368 g/mol. The van der Waals surface area contributed by atoms with Gasteiger partial charge in [-0.25, -0.2) is 17.6 Å². The number of nitrogens with zero attached hydrogens (tertiary/aromatic N) is 2. The second kappa shape index (κ2) is 5.77. The molecule has 1 saturated heterocycles. The number of halogens is 4. The Labute approximate surface area is 151 Å². The van der Waals surface area contributed by atoms with E-state index in [-0.39, 0.29) is 5.11 Å². The average molecular weight is 380 g/mol. The first kappa shape index (κ1) is 17.0. The Morgan fingerprint density at radius 3 is 2.15 bits per heavy atom. The predicted molar refractivity (Wildman–Crippen MR) is 91.9 cm³/mol. The maximum absolute atomic E-state index is 14.3. The first-order valence-corrected chi connectivity index (χ1v) is 8.35. The number of anilines is 2. The fourth-order valence-electron chi connectivity index (χ4n) is 3.47. The first-order valence-electron chi connectivity index (χ1n) is 7.94. The van der Waals surface area contributed by atoms with Crippen LogP contribution in [0.5, 0.6) is 0 Å². The van der Waals surface area contributed by atoms with Crippen molar-refractivity contribution in [3.63, 3.8) is 0 Å². The van der Waals surface area contributed by atoms with E-state index in [9.17, 15) is 22.4 Å². The fourth-order valence-corrected chi connectivity index (χ4v) is 3.93. The molecule has 0 atom stereocenters. The number of benzene rings is 2. The van der Waals surface area contributed by atoms with E-state index in [1.807, 2.05) is 0 Å². The van der Waals surface area contributed by atoms with Crippen LogP contribution in [-0.4, -0.2) is 16.6 Å². The van der Waals surface area contributed by atoms with E-state index in [0.29, 0.717) is 18.5 Å². The van der Waals surface area contributed by atoms with Gasteiger partial charge in [0.05, 0.1) is 5.69 Å². The molecule has 0 unspecified atom stereocenters. The van der Waals surface area contributed by atoms with E-state index < -0.39 is 40.4 Å². The highest BCUT2D eigenvalue weighted by molar-refractivity contribution is 7.81. The van der Waals surface area contributed by atoms with Crippen molar-refractivity contribution in [3.05, 3.63) is 59.7 Å². The number of hydrogen-bond acceptors (Lipinski definition) is 2. The molecule has 1 spiro atoms. The van der Waals surface area contributed by atoms with Crippen molar-refractivity contribution in [1.29, 1.82) is 0 Å². The van der Waals surface area contributed by atoms with Crippen molar-refractivity contribution in [2.75, 3.05) is 9.80 Å². The van der Waals surface area contributed by atoms with E-state index in [4.69, 9.17) is 12.2 Å². The van der Waals surface area contributed by atoms with Crippen LogP contribution in [0, 0.1) is 23.3 Å². The van der Waals surface area contributed by atoms with Gasteiger partial charge in [-0.3, -0.25) is 9.69 Å². The lowest BCUT2D eigenvalue weighted by molar-refractivity contribution is -0.123. The van der Waals surface area contributed by atoms with Gasteiger partial charge in [0, 0.05) is 5.69 Å². The van der Waals surface area contributed by atoms with Gasteiger partial charge in [0.2, 0.25) is 0 Å². The minimum Gasteiger partial charge on any atom is -0.303 e. The highest BCUT2D eigenvalue weighted by Gasteiger charge is 2.60. The third-order valence-electron chi connectivity index (χ3n) is 4.93. The third-order valence-corrected chi connectivity index (χ3v) is 5.30. The van der Waals surface area contributed by atoms with Crippen LogP contribution in [0.4, 0.5) is 28.9 Å². The molecule has 0 bridgehead atoms. The van der Waals surface area contributed by atoms with Crippen molar-refractivity contribution >= 4 is 34.6 Å². The zero-order valence-corrected chi connectivity index (χ0v) is 14.1. The van der Waals surface area contributed by atoms with Gasteiger partial charge in [-0.1, -0.05) is 0 Å². The molecule has 1 aliphatic heterocycles. The van der Waals surface area contributed by atoms with Gasteiger partial charge < -0.3 is 4.90 Å². The summed E-state index contributed by atoms with van der Waals surface area (Å²) >= 11 is 5.38. The minimum atomic E-state index is -1.67. The Balaban J connectivity index is 1.84. The Hall–Kier alpha value is -2.48. The van der Waals surface area contributed by atoms with Crippen molar-refractivity contribution < 1.29 is 22.4 Å². The standard InChI is InChI=1S/C18H12F4N2OS/c19-10-2-4-11(5-3-10)24-17(26)23(16(25)18(24)8-1-9-18)13-7-6-12(20)14(21)15(13)22/h2-7H,1,8-9H2. The van der Waals surface area contributed by atoms with Gasteiger partial charge in [-0.05, 0) is 67.9 Å². The summed E-state index contributed by atoms with van der Waals surface area (Å²) in [6, 6.07) is 7.14. The average Bonchev–Trinajstić information content (AvgIpc) is 2.82. The Morgan fingerprint density at radius 2 is 1.58 bits per heavy atom. The molecule has 0 N–H and O–H groups in total. The molecule has 2 aromatic rings. The summed E-state index contributed by atoms with van der Waals surface area (Å²) in [6.45, 7) is 0. The molecule has 3 nitrogen and oxygen atoms in total. The lowest BCUT2D eigenvalue weighted by Crippen LogP contribution is -2.55. The van der Waals surface area contributed by atoms with Crippen LogP contribution in [0.2, 0.25) is 0 Å². The first-order chi connectivity index (χ1) is 12.4. The fraction of sp³-hybridized carbons (Fsp3) is 0.222. The molecule has 0 aromatic heterocycles. The Kier molecular flexibility index (Phi) is 3.76. The monoisotopic (exact) mass is 380 g/mol. The number of carbonyl (C=O) groups is 1. The molecule has 1 aliphatic carbocycles. The molecule has 1 heterocycles. The summed E-state index contributed by atoms with van der Waals surface area (Å²) < 4.78 is 54.5. The molecule has 1 amide bonds. The van der Waals surface area contributed by atoms with Crippen LogP contribution < -0.4 is 9.80 Å². The van der Waals surface area contributed by atoms with Crippen LogP contribution in [-0.2, 0) is 4.79 Å². The topological polar surface area (TPSA) is 23.6 Å². The van der Waals surface area contributed by atoms with Gasteiger partial charge in [0.1, 0.15) is 11.4 Å². The van der Waals surface area contributed by atoms with E-state index in [1.54, 1.807) is 4.90 Å². The maximum Gasteiger partial charge on any atom is 0.259 e. The van der Waals surface area contributed by atoms with Gasteiger partial charge in [0.25, 0.3) is 5.91 Å². The molecule has 26 heavy (non-hydrogen) atoms. The second-order valence-electron chi connectivity index (χ2n) is 6.31. The second-order valence-corrected chi connectivity index (χ2v) is 6.68. The van der Waals surface area contributed by atoms with Crippen LogP contribution in [0.15, 0.2) is 36.4 Å². The summed E-state index contributed by atoms with van der Waals surface area (Å²) in [7, 11) is 0. The normalized spacial score (nSPS) is 18.6. The van der Waals surface area contributed by atoms with Crippen LogP contribution in [0.3, 0.4) is 0 Å². The zero-order chi connectivity index (χ0) is 18.6. The van der Waals surface area contributed by atoms with E-state index in [2.05, 4.69) is 0 Å². The summed E-state index contributed by atoms with van der Waals surface area (Å²) in [5.74, 6) is -5.44. The number of hydrogen-bond donors (Lipinski definition) is 0. The van der Waals surface area contributed by atoms with E-state index >= 15 is 0 Å². The molecule has 8 heteroatoms. The highest BCUT2D eigenvalue weighted by atomic mass is 32.1. The van der Waals surface area contributed by atoms with Crippen molar-refractivity contribution in [3.8, 4) is 0 Å². The Morgan fingerprint density at radius 1 is 0.923 bits per heavy atom. The lowest BCUT2D eigenvalue weighted by Gasteiger charge is -2.43. The van der Waals surface area contributed by atoms with Crippen molar-refractivity contribution in [1.82, 2.24) is 0 Å². The van der Waals surface area contributed by atoms with Gasteiger partial charge >= 0.3 is 0 Å². The predicted octanol–water partition coefficient (Wildman–Crippen LogP) is 4.30. The number of rotatable bonds is 2. The van der Waals surface area contributed by atoms with Crippen LogP contribution in [0.25, 0.3) is 0 Å². The van der Waals surface area contributed by atoms with Gasteiger partial charge in [0.15, 0.2) is 22.6 Å². The molecule has 4 rings (SSSR count). The molecule has 2 aliphatic rings. The molecular formula is C18H12F4N2OS. The smallest absolute Gasteiger partial charge is 0.259 e. The summed E-state index contributed by atoms with van der Waals surface area (Å²) in [6.07, 6.45) is 1.72. The zero-order valence-electron chi connectivity index (χ0n) is 13.3. The minimum absolute atomic E-state index is 0.0498. The molecule has 134 valence electrons. The largest absolute Gasteiger partial charge is 0.303 e. The molecule has 2 aromatic carbocycles. The van der Waals surface area contributed by atoms with Gasteiger partial charge in [-0.2, -0.15) is 0 Å². The van der Waals surface area contributed by atoms with E-state index in [0.717, 1.165) is 23.5 Å². The Bertz CT molecular complexity index is 928. The lowest BCUT2D eigenvalue weighted by atomic mass is 9.75. The summed E-state index contributed by atoms with van der Waals surface area (Å²) in [5, 5.41) is -0.0498. The van der Waals surface area contributed by atoms with Crippen molar-refractivity contribution in [2.24, 2.45) is 0 Å². The SMILES string of the molecule is O=C1N(c2ccc(F)c(F)c2F)C(=S)N(c2ccc(F)cc2)C12CCC2. The summed E-state index contributed by atoms with van der Waals surface area (Å²) in [5.41, 5.74) is -0.962. The number of carbonyl (C=O) groups excluding carboxylic acids is 1. The number of amides is 1. The van der Waals surface area contributed by atoms with E-state index in [1.165, 1.54) is 24.3 Å². The molecule has 2 fully saturated rings. The quantitative estimate of drug-likeness (QED) is 0.441. The maximum atomic E-state index is 14.3. The van der Waals surface area contributed by atoms with Crippen LogP contribution in [0.1, 0.15) is 19.3 Å². The van der Waals surface area contributed by atoms with Crippen LogP contribution >= 0.6 is 12.2 Å². The highest BCUT2D eigenvalue weighted by Crippen LogP contribution is 2.48. The van der Waals surface area contributed by atoms with Crippen molar-refractivity contribution in [2.45, 2.75) is 24.8 Å².